The molecule has 1 aliphatic rings. The van der Waals surface area contributed by atoms with Crippen LogP contribution in [-0.2, 0) is 9.59 Å². The van der Waals surface area contributed by atoms with Gasteiger partial charge in [-0.15, -0.1) is 5.10 Å². The molecular formula is C5H5N5O2. The Balaban J connectivity index is 2.26. The zero-order valence-electron chi connectivity index (χ0n) is 6.02. The molecule has 1 aliphatic heterocycles. The van der Waals surface area contributed by atoms with Crippen molar-refractivity contribution in [1.82, 2.24) is 20.6 Å². The van der Waals surface area contributed by atoms with Gasteiger partial charge in [-0.25, -0.2) is 0 Å². The van der Waals surface area contributed by atoms with Crippen LogP contribution < -0.4 is 4.90 Å². The summed E-state index contributed by atoms with van der Waals surface area (Å²) in [6.45, 7) is 0.0539. The molecule has 1 fully saturated rings. The van der Waals surface area contributed by atoms with Crippen molar-refractivity contribution in [1.29, 1.82) is 0 Å². The molecule has 0 saturated carbocycles. The molecule has 0 unspecified atom stereocenters. The minimum absolute atomic E-state index is 0.0539. The number of hydrogen-bond donors (Lipinski definition) is 1. The van der Waals surface area contributed by atoms with Crippen molar-refractivity contribution in [2.24, 2.45) is 0 Å². The van der Waals surface area contributed by atoms with Gasteiger partial charge in [-0.3, -0.25) is 14.5 Å². The molecule has 0 aliphatic carbocycles. The number of carbonyl (C=O) groups is 2. The Morgan fingerprint density at radius 1 is 1.42 bits per heavy atom. The lowest BCUT2D eigenvalue weighted by atomic mass is 10.3. The quantitative estimate of drug-likeness (QED) is 0.514. The standard InChI is InChI=1S/C5H5N5O2/c11-3-1-4(12)10(2-3)5-6-8-9-7-5/h1-2H2,(H,6,7,8,9). The highest BCUT2D eigenvalue weighted by atomic mass is 16.2. The summed E-state index contributed by atoms with van der Waals surface area (Å²) in [5.74, 6) is -0.239. The Hall–Kier alpha value is -1.79. The maximum atomic E-state index is 11.1. The van der Waals surface area contributed by atoms with Gasteiger partial charge >= 0.3 is 0 Å². The highest BCUT2D eigenvalue weighted by molar-refractivity contribution is 6.14. The lowest BCUT2D eigenvalue weighted by Gasteiger charge is -2.06. The van der Waals surface area contributed by atoms with Crippen molar-refractivity contribution in [3.05, 3.63) is 0 Å². The summed E-state index contributed by atoms with van der Waals surface area (Å²) >= 11 is 0. The summed E-state index contributed by atoms with van der Waals surface area (Å²) in [5.41, 5.74) is 0. The zero-order chi connectivity index (χ0) is 8.55. The van der Waals surface area contributed by atoms with Gasteiger partial charge in [0.15, 0.2) is 5.78 Å². The van der Waals surface area contributed by atoms with Crippen LogP contribution in [0.15, 0.2) is 0 Å². The van der Waals surface area contributed by atoms with E-state index < -0.39 is 0 Å². The number of ketones is 1. The van der Waals surface area contributed by atoms with Crippen LogP contribution in [0.25, 0.3) is 0 Å². The van der Waals surface area contributed by atoms with Crippen molar-refractivity contribution in [2.45, 2.75) is 6.42 Å². The third-order valence-corrected chi connectivity index (χ3v) is 1.56. The number of anilines is 1. The largest absolute Gasteiger partial charge is 0.297 e. The molecule has 0 bridgehead atoms. The molecule has 1 N–H and O–H groups in total. The second-order valence-corrected chi connectivity index (χ2v) is 2.41. The Labute approximate surface area is 66.7 Å². The van der Waals surface area contributed by atoms with E-state index in [1.54, 1.807) is 0 Å². The molecule has 62 valence electrons. The van der Waals surface area contributed by atoms with E-state index >= 15 is 0 Å². The van der Waals surface area contributed by atoms with Crippen LogP contribution in [0.5, 0.6) is 0 Å². The van der Waals surface area contributed by atoms with Crippen LogP contribution in [0.2, 0.25) is 0 Å². The highest BCUT2D eigenvalue weighted by Crippen LogP contribution is 2.12. The summed E-state index contributed by atoms with van der Waals surface area (Å²) in [6.07, 6.45) is -0.0610. The van der Waals surface area contributed by atoms with Crippen molar-refractivity contribution in [3.8, 4) is 0 Å². The molecule has 12 heavy (non-hydrogen) atoms. The van der Waals surface area contributed by atoms with Gasteiger partial charge < -0.3 is 0 Å². The monoisotopic (exact) mass is 167 g/mol. The Morgan fingerprint density at radius 3 is 2.75 bits per heavy atom. The fraction of sp³-hybridized carbons (Fsp3) is 0.400. The maximum Gasteiger partial charge on any atom is 0.272 e. The van der Waals surface area contributed by atoms with Crippen LogP contribution in [0, 0.1) is 0 Å². The topological polar surface area (TPSA) is 91.8 Å². The summed E-state index contributed by atoms with van der Waals surface area (Å²) in [5, 5.41) is 12.7. The molecule has 1 amide bonds. The van der Waals surface area contributed by atoms with Crippen LogP contribution in [0.3, 0.4) is 0 Å². The second-order valence-electron chi connectivity index (χ2n) is 2.41. The number of nitrogens with zero attached hydrogens (tertiary/aromatic N) is 4. The summed E-state index contributed by atoms with van der Waals surface area (Å²) in [6, 6.07) is 0. The SMILES string of the molecule is O=C1CC(=O)N(c2nn[nH]n2)C1. The summed E-state index contributed by atoms with van der Waals surface area (Å²) < 4.78 is 0. The van der Waals surface area contributed by atoms with Crippen molar-refractivity contribution < 1.29 is 9.59 Å². The predicted octanol–water partition coefficient (Wildman–Crippen LogP) is -1.49. The number of rotatable bonds is 1. The van der Waals surface area contributed by atoms with Crippen LogP contribution in [-0.4, -0.2) is 38.9 Å². The molecule has 2 rings (SSSR count). The van der Waals surface area contributed by atoms with Gasteiger partial charge in [0.1, 0.15) is 0 Å². The number of tetrazole rings is 1. The summed E-state index contributed by atoms with van der Waals surface area (Å²) in [7, 11) is 0. The number of Topliss-reactive ketones (excluding diaryl/α,β-unsaturated/α-hetero) is 1. The van der Waals surface area contributed by atoms with Crippen molar-refractivity contribution in [3.63, 3.8) is 0 Å². The number of amides is 1. The summed E-state index contributed by atoms with van der Waals surface area (Å²) in [4.78, 5) is 23.1. The fourth-order valence-electron chi connectivity index (χ4n) is 1.04. The Kier molecular flexibility index (Phi) is 1.36. The molecular weight excluding hydrogens is 162 g/mol. The first-order chi connectivity index (χ1) is 5.77. The number of carbonyl (C=O) groups excluding carboxylic acids is 2. The maximum absolute atomic E-state index is 11.1. The van der Waals surface area contributed by atoms with E-state index in [9.17, 15) is 9.59 Å². The number of nitrogens with one attached hydrogen (secondary N) is 1. The minimum atomic E-state index is -0.276. The zero-order valence-corrected chi connectivity index (χ0v) is 6.02. The Morgan fingerprint density at radius 2 is 2.25 bits per heavy atom. The van der Waals surface area contributed by atoms with Gasteiger partial charge in [0.25, 0.3) is 5.95 Å². The molecule has 0 spiro atoms. The lowest BCUT2D eigenvalue weighted by Crippen LogP contribution is -2.25. The molecule has 0 aromatic carbocycles. The van der Waals surface area contributed by atoms with Gasteiger partial charge in [-0.2, -0.15) is 5.21 Å². The molecule has 7 nitrogen and oxygen atoms in total. The highest BCUT2D eigenvalue weighted by Gasteiger charge is 2.30. The molecule has 1 saturated heterocycles. The van der Waals surface area contributed by atoms with E-state index in [1.165, 1.54) is 4.90 Å². The van der Waals surface area contributed by atoms with Gasteiger partial charge in [0.2, 0.25) is 5.91 Å². The van der Waals surface area contributed by atoms with E-state index in [-0.39, 0.29) is 30.6 Å². The minimum Gasteiger partial charge on any atom is -0.297 e. The fourth-order valence-corrected chi connectivity index (χ4v) is 1.04. The van der Waals surface area contributed by atoms with Crippen molar-refractivity contribution in [2.75, 3.05) is 11.4 Å². The smallest absolute Gasteiger partial charge is 0.272 e. The number of aromatic amines is 1. The number of H-pyrrole nitrogens is 1. The van der Waals surface area contributed by atoms with Crippen molar-refractivity contribution >= 4 is 17.6 Å². The van der Waals surface area contributed by atoms with Gasteiger partial charge in [0, 0.05) is 0 Å². The van der Waals surface area contributed by atoms with E-state index in [2.05, 4.69) is 20.6 Å². The van der Waals surface area contributed by atoms with Gasteiger partial charge in [-0.1, -0.05) is 5.10 Å². The molecule has 1 aromatic heterocycles. The lowest BCUT2D eigenvalue weighted by molar-refractivity contribution is -0.121. The molecule has 2 heterocycles. The molecule has 7 heteroatoms. The third kappa shape index (κ3) is 0.949. The third-order valence-electron chi connectivity index (χ3n) is 1.56. The normalized spacial score (nSPS) is 17.5. The first kappa shape index (κ1) is 6.89. The average Bonchev–Trinajstić information content (AvgIpc) is 2.58. The van der Waals surface area contributed by atoms with E-state index in [1.807, 2.05) is 0 Å². The van der Waals surface area contributed by atoms with Gasteiger partial charge in [0.05, 0.1) is 13.0 Å². The first-order valence-electron chi connectivity index (χ1n) is 3.33. The Bertz CT molecular complexity index is 319. The van der Waals surface area contributed by atoms with Crippen LogP contribution in [0.4, 0.5) is 5.95 Å². The molecule has 1 aromatic rings. The van der Waals surface area contributed by atoms with E-state index in [0.717, 1.165) is 0 Å². The molecule has 0 radical (unpaired) electrons. The van der Waals surface area contributed by atoms with Gasteiger partial charge in [-0.05, 0) is 5.21 Å². The van der Waals surface area contributed by atoms with Crippen LogP contribution in [0.1, 0.15) is 6.42 Å². The van der Waals surface area contributed by atoms with Crippen LogP contribution >= 0.6 is 0 Å². The van der Waals surface area contributed by atoms with E-state index in [4.69, 9.17) is 0 Å². The first-order valence-corrected chi connectivity index (χ1v) is 3.33. The molecule has 0 atom stereocenters. The second kappa shape index (κ2) is 2.36. The van der Waals surface area contributed by atoms with E-state index in [0.29, 0.717) is 0 Å². The predicted molar refractivity (Wildman–Crippen MR) is 36.2 cm³/mol. The number of hydrogen-bond acceptors (Lipinski definition) is 5. The number of aromatic nitrogens is 4. The average molecular weight is 167 g/mol.